The second-order valence-electron chi connectivity index (χ2n) is 8.25. The number of aryl methyl sites for hydroxylation is 1. The molecule has 27 heavy (non-hydrogen) atoms. The topological polar surface area (TPSA) is 49.4 Å². The van der Waals surface area contributed by atoms with Gasteiger partial charge in [0.05, 0.1) is 5.92 Å². The van der Waals surface area contributed by atoms with E-state index in [-0.39, 0.29) is 17.7 Å². The lowest BCUT2D eigenvalue weighted by atomic mass is 9.96. The maximum atomic E-state index is 12.5. The molecule has 4 heteroatoms. The first-order chi connectivity index (χ1) is 13.2. The normalized spacial score (nSPS) is 20.8. The van der Waals surface area contributed by atoms with E-state index in [1.807, 2.05) is 11.0 Å². The Morgan fingerprint density at radius 1 is 1.07 bits per heavy atom. The number of rotatable bonds is 9. The third-order valence-electron chi connectivity index (χ3n) is 6.17. The third-order valence-corrected chi connectivity index (χ3v) is 6.17. The maximum Gasteiger partial charge on any atom is 0.224 e. The molecule has 1 atom stereocenters. The number of nitrogens with one attached hydrogen (secondary N) is 1. The Labute approximate surface area is 163 Å². The number of carbonyl (C=O) groups excluding carboxylic acids is 2. The Morgan fingerprint density at radius 2 is 1.85 bits per heavy atom. The lowest BCUT2D eigenvalue weighted by Crippen LogP contribution is -2.46. The molecule has 1 aromatic rings. The first-order valence-corrected chi connectivity index (χ1v) is 10.8. The Hall–Kier alpha value is -1.84. The first-order valence-electron chi connectivity index (χ1n) is 10.8. The number of likely N-dealkylation sites (tertiary alicyclic amines) is 1. The highest BCUT2D eigenvalue weighted by Crippen LogP contribution is 2.28. The van der Waals surface area contributed by atoms with Crippen LogP contribution in [0.2, 0.25) is 0 Å². The summed E-state index contributed by atoms with van der Waals surface area (Å²) < 4.78 is 0. The largest absolute Gasteiger partial charge is 0.356 e. The minimum Gasteiger partial charge on any atom is -0.356 e. The Kier molecular flexibility index (Phi) is 7.73. The zero-order valence-corrected chi connectivity index (χ0v) is 16.5. The van der Waals surface area contributed by atoms with E-state index in [0.717, 1.165) is 38.3 Å². The van der Waals surface area contributed by atoms with E-state index in [2.05, 4.69) is 29.6 Å². The van der Waals surface area contributed by atoms with Crippen LogP contribution in [0.25, 0.3) is 0 Å². The predicted molar refractivity (Wildman–Crippen MR) is 108 cm³/mol. The Morgan fingerprint density at radius 3 is 2.63 bits per heavy atom. The van der Waals surface area contributed by atoms with Crippen LogP contribution in [0.5, 0.6) is 0 Å². The average molecular weight is 371 g/mol. The molecule has 1 saturated heterocycles. The van der Waals surface area contributed by atoms with Gasteiger partial charge < -0.3 is 10.2 Å². The van der Waals surface area contributed by atoms with Crippen LogP contribution < -0.4 is 5.32 Å². The van der Waals surface area contributed by atoms with Gasteiger partial charge in [-0.05, 0) is 43.6 Å². The molecule has 0 spiro atoms. The predicted octanol–water partition coefficient (Wildman–Crippen LogP) is 3.94. The average Bonchev–Trinajstić information content (AvgIpc) is 3.21. The van der Waals surface area contributed by atoms with Crippen LogP contribution in [-0.4, -0.2) is 36.3 Å². The SMILES string of the molecule is O=C(NCCCC1CCCC1)[C@H]1CCC(=O)N(CCCc2ccccc2)C1. The smallest absolute Gasteiger partial charge is 0.224 e. The molecule has 4 nitrogen and oxygen atoms in total. The van der Waals surface area contributed by atoms with Gasteiger partial charge in [0, 0.05) is 26.1 Å². The van der Waals surface area contributed by atoms with Gasteiger partial charge >= 0.3 is 0 Å². The molecule has 1 aliphatic carbocycles. The molecule has 0 bridgehead atoms. The van der Waals surface area contributed by atoms with Crippen LogP contribution >= 0.6 is 0 Å². The third kappa shape index (κ3) is 6.37. The van der Waals surface area contributed by atoms with E-state index in [0.29, 0.717) is 19.4 Å². The fourth-order valence-electron chi connectivity index (χ4n) is 4.51. The number of amides is 2. The van der Waals surface area contributed by atoms with Crippen molar-refractivity contribution in [3.8, 4) is 0 Å². The zero-order chi connectivity index (χ0) is 18.9. The van der Waals surface area contributed by atoms with Gasteiger partial charge in [0.15, 0.2) is 0 Å². The van der Waals surface area contributed by atoms with E-state index in [4.69, 9.17) is 0 Å². The molecular formula is C23H34N2O2. The number of hydrogen-bond acceptors (Lipinski definition) is 2. The molecule has 2 amide bonds. The van der Waals surface area contributed by atoms with E-state index in [1.165, 1.54) is 37.7 Å². The second kappa shape index (κ2) is 10.5. The fourth-order valence-corrected chi connectivity index (χ4v) is 4.51. The highest BCUT2D eigenvalue weighted by Gasteiger charge is 2.29. The van der Waals surface area contributed by atoms with Crippen LogP contribution in [0.1, 0.15) is 63.4 Å². The van der Waals surface area contributed by atoms with Crippen molar-refractivity contribution >= 4 is 11.8 Å². The van der Waals surface area contributed by atoms with Gasteiger partial charge in [-0.25, -0.2) is 0 Å². The highest BCUT2D eigenvalue weighted by molar-refractivity contribution is 5.83. The summed E-state index contributed by atoms with van der Waals surface area (Å²) in [6.45, 7) is 2.12. The summed E-state index contributed by atoms with van der Waals surface area (Å²) in [5.74, 6) is 1.19. The van der Waals surface area contributed by atoms with Crippen molar-refractivity contribution in [1.29, 1.82) is 0 Å². The minimum absolute atomic E-state index is 0.0362. The van der Waals surface area contributed by atoms with Gasteiger partial charge in [0.25, 0.3) is 0 Å². The highest BCUT2D eigenvalue weighted by atomic mass is 16.2. The molecule has 1 aromatic carbocycles. The minimum atomic E-state index is -0.0362. The maximum absolute atomic E-state index is 12.5. The Balaban J connectivity index is 1.35. The van der Waals surface area contributed by atoms with E-state index < -0.39 is 0 Å². The lowest BCUT2D eigenvalue weighted by Gasteiger charge is -2.32. The van der Waals surface area contributed by atoms with E-state index >= 15 is 0 Å². The lowest BCUT2D eigenvalue weighted by molar-refractivity contribution is -0.138. The van der Waals surface area contributed by atoms with Crippen molar-refractivity contribution in [3.05, 3.63) is 35.9 Å². The molecule has 2 fully saturated rings. The fraction of sp³-hybridized carbons (Fsp3) is 0.652. The number of nitrogens with zero attached hydrogens (tertiary/aromatic N) is 1. The monoisotopic (exact) mass is 370 g/mol. The number of carbonyl (C=O) groups is 2. The number of piperidine rings is 1. The zero-order valence-electron chi connectivity index (χ0n) is 16.5. The molecular weight excluding hydrogens is 336 g/mol. The molecule has 3 rings (SSSR count). The van der Waals surface area contributed by atoms with Crippen molar-refractivity contribution < 1.29 is 9.59 Å². The van der Waals surface area contributed by atoms with Gasteiger partial charge in [-0.1, -0.05) is 56.0 Å². The van der Waals surface area contributed by atoms with Gasteiger partial charge in [-0.15, -0.1) is 0 Å². The molecule has 1 aliphatic heterocycles. The van der Waals surface area contributed by atoms with Crippen molar-refractivity contribution in [2.75, 3.05) is 19.6 Å². The van der Waals surface area contributed by atoms with Crippen LogP contribution in [-0.2, 0) is 16.0 Å². The molecule has 1 heterocycles. The standard InChI is InChI=1S/C23H34N2O2/c26-22-15-14-21(23(27)24-16-6-12-19-10-4-5-11-19)18-25(22)17-7-13-20-8-2-1-3-9-20/h1-3,8-9,19,21H,4-7,10-18H2,(H,24,27)/t21-/m0/s1. The molecule has 148 valence electrons. The summed E-state index contributed by atoms with van der Waals surface area (Å²) in [5.41, 5.74) is 1.30. The molecule has 1 saturated carbocycles. The van der Waals surface area contributed by atoms with Gasteiger partial charge in [0.2, 0.25) is 11.8 Å². The number of hydrogen-bond donors (Lipinski definition) is 1. The quantitative estimate of drug-likeness (QED) is 0.669. The van der Waals surface area contributed by atoms with Crippen LogP contribution in [0.3, 0.4) is 0 Å². The first kappa shape index (κ1) is 19.9. The van der Waals surface area contributed by atoms with Crippen molar-refractivity contribution in [2.24, 2.45) is 11.8 Å². The summed E-state index contributed by atoms with van der Waals surface area (Å²) in [7, 11) is 0. The van der Waals surface area contributed by atoms with Crippen LogP contribution in [0.4, 0.5) is 0 Å². The van der Waals surface area contributed by atoms with Crippen molar-refractivity contribution in [2.45, 2.75) is 64.2 Å². The summed E-state index contributed by atoms with van der Waals surface area (Å²) in [6, 6.07) is 10.4. The van der Waals surface area contributed by atoms with Gasteiger partial charge in [-0.2, -0.15) is 0 Å². The van der Waals surface area contributed by atoms with Crippen LogP contribution in [0.15, 0.2) is 30.3 Å². The summed E-state index contributed by atoms with van der Waals surface area (Å²) in [4.78, 5) is 26.6. The molecule has 1 N–H and O–H groups in total. The van der Waals surface area contributed by atoms with E-state index in [9.17, 15) is 9.59 Å². The second-order valence-corrected chi connectivity index (χ2v) is 8.25. The molecule has 0 unspecified atom stereocenters. The molecule has 0 aromatic heterocycles. The van der Waals surface area contributed by atoms with Crippen molar-refractivity contribution in [3.63, 3.8) is 0 Å². The van der Waals surface area contributed by atoms with E-state index in [1.54, 1.807) is 0 Å². The summed E-state index contributed by atoms with van der Waals surface area (Å²) >= 11 is 0. The van der Waals surface area contributed by atoms with Crippen LogP contribution in [0, 0.1) is 11.8 Å². The Bertz CT molecular complexity index is 596. The van der Waals surface area contributed by atoms with Gasteiger partial charge in [0.1, 0.15) is 0 Å². The van der Waals surface area contributed by atoms with Crippen molar-refractivity contribution in [1.82, 2.24) is 10.2 Å². The molecule has 0 radical (unpaired) electrons. The summed E-state index contributed by atoms with van der Waals surface area (Å²) in [6.07, 6.45) is 11.0. The summed E-state index contributed by atoms with van der Waals surface area (Å²) in [5, 5.41) is 3.12. The van der Waals surface area contributed by atoms with Gasteiger partial charge in [-0.3, -0.25) is 9.59 Å². The molecule has 2 aliphatic rings. The number of benzene rings is 1.